The minimum absolute atomic E-state index is 0.131. The molecule has 140 valence electrons. The van der Waals surface area contributed by atoms with E-state index in [-0.39, 0.29) is 6.10 Å². The maximum atomic E-state index is 6.22. The predicted molar refractivity (Wildman–Crippen MR) is 103 cm³/mol. The molecule has 8 heteroatoms. The van der Waals surface area contributed by atoms with Crippen molar-refractivity contribution in [2.45, 2.75) is 37.8 Å². The van der Waals surface area contributed by atoms with Gasteiger partial charge in [-0.1, -0.05) is 0 Å². The van der Waals surface area contributed by atoms with E-state index in [1.54, 1.807) is 31.9 Å². The van der Waals surface area contributed by atoms with Gasteiger partial charge in [-0.15, -0.1) is 0 Å². The predicted octanol–water partition coefficient (Wildman–Crippen LogP) is 2.81. The van der Waals surface area contributed by atoms with Gasteiger partial charge < -0.3 is 20.5 Å². The quantitative estimate of drug-likeness (QED) is 0.664. The molecule has 0 saturated heterocycles. The van der Waals surface area contributed by atoms with Crippen molar-refractivity contribution in [3.05, 3.63) is 36.9 Å². The summed E-state index contributed by atoms with van der Waals surface area (Å²) in [6.07, 6.45) is 10.6. The third-order valence-electron chi connectivity index (χ3n) is 4.73. The van der Waals surface area contributed by atoms with Crippen molar-refractivity contribution < 1.29 is 9.47 Å². The van der Waals surface area contributed by atoms with Gasteiger partial charge in [-0.25, -0.2) is 15.0 Å². The number of nitrogens with two attached hydrogens (primary N) is 1. The van der Waals surface area contributed by atoms with Crippen molar-refractivity contribution in [1.82, 2.24) is 19.9 Å². The van der Waals surface area contributed by atoms with Crippen LogP contribution in [0.3, 0.4) is 0 Å². The monoisotopic (exact) mass is 366 g/mol. The number of rotatable bonds is 5. The standard InChI is InChI=1S/C19H22N6O2/c1-26-15-10-23-19(24-11-15)25-13-2-4-14(5-3-13)27-17-9-12(20)8-16-18(17)22-7-6-21-16/h6-11,13-14H,2-5,20H2,1H3,(H,23,24,25). The summed E-state index contributed by atoms with van der Waals surface area (Å²) in [5.41, 5.74) is 8.11. The van der Waals surface area contributed by atoms with Crippen molar-refractivity contribution in [2.24, 2.45) is 0 Å². The van der Waals surface area contributed by atoms with Gasteiger partial charge in [0.15, 0.2) is 5.75 Å². The van der Waals surface area contributed by atoms with Gasteiger partial charge in [0, 0.05) is 30.2 Å². The number of fused-ring (bicyclic) bond motifs is 1. The molecule has 0 amide bonds. The van der Waals surface area contributed by atoms with Gasteiger partial charge in [-0.2, -0.15) is 0 Å². The van der Waals surface area contributed by atoms with Gasteiger partial charge in [-0.3, -0.25) is 4.98 Å². The lowest BCUT2D eigenvalue weighted by Crippen LogP contribution is -2.31. The molecule has 27 heavy (non-hydrogen) atoms. The molecule has 1 aliphatic rings. The Hall–Kier alpha value is -3.16. The second-order valence-corrected chi connectivity index (χ2v) is 6.63. The van der Waals surface area contributed by atoms with Gasteiger partial charge in [0.2, 0.25) is 5.95 Å². The summed E-state index contributed by atoms with van der Waals surface area (Å²) in [4.78, 5) is 17.2. The summed E-state index contributed by atoms with van der Waals surface area (Å²) in [7, 11) is 1.60. The molecular weight excluding hydrogens is 344 g/mol. The molecule has 0 unspecified atom stereocenters. The zero-order chi connectivity index (χ0) is 18.6. The Labute approximate surface area is 157 Å². The van der Waals surface area contributed by atoms with Crippen LogP contribution in [-0.4, -0.2) is 39.2 Å². The van der Waals surface area contributed by atoms with Gasteiger partial charge in [-0.05, 0) is 31.7 Å². The largest absolute Gasteiger partial charge is 0.494 e. The number of hydrogen-bond acceptors (Lipinski definition) is 8. The first-order valence-corrected chi connectivity index (χ1v) is 9.01. The third-order valence-corrected chi connectivity index (χ3v) is 4.73. The fourth-order valence-electron chi connectivity index (χ4n) is 3.34. The lowest BCUT2D eigenvalue weighted by molar-refractivity contribution is 0.152. The van der Waals surface area contributed by atoms with E-state index in [0.29, 0.717) is 29.2 Å². The minimum Gasteiger partial charge on any atom is -0.494 e. The molecule has 1 aromatic carbocycles. The number of nitrogens with one attached hydrogen (secondary N) is 1. The zero-order valence-corrected chi connectivity index (χ0v) is 15.1. The second-order valence-electron chi connectivity index (χ2n) is 6.63. The highest BCUT2D eigenvalue weighted by Gasteiger charge is 2.24. The van der Waals surface area contributed by atoms with Crippen molar-refractivity contribution in [2.75, 3.05) is 18.2 Å². The first kappa shape index (κ1) is 17.3. The average Bonchev–Trinajstić information content (AvgIpc) is 2.70. The van der Waals surface area contributed by atoms with E-state index >= 15 is 0 Å². The summed E-state index contributed by atoms with van der Waals surface area (Å²) in [5.74, 6) is 1.97. The Balaban J connectivity index is 1.37. The molecule has 1 fully saturated rings. The van der Waals surface area contributed by atoms with E-state index < -0.39 is 0 Å². The molecule has 2 aromatic heterocycles. The van der Waals surface area contributed by atoms with Gasteiger partial charge in [0.1, 0.15) is 11.3 Å². The normalized spacial score (nSPS) is 19.6. The highest BCUT2D eigenvalue weighted by Crippen LogP contribution is 2.30. The van der Waals surface area contributed by atoms with Crippen LogP contribution in [0.1, 0.15) is 25.7 Å². The molecule has 0 spiro atoms. The number of aromatic nitrogens is 4. The minimum atomic E-state index is 0.131. The Morgan fingerprint density at radius 1 is 1.00 bits per heavy atom. The summed E-state index contributed by atoms with van der Waals surface area (Å²) < 4.78 is 11.3. The Morgan fingerprint density at radius 3 is 2.48 bits per heavy atom. The molecule has 1 saturated carbocycles. The van der Waals surface area contributed by atoms with E-state index in [1.165, 1.54) is 0 Å². The maximum absolute atomic E-state index is 6.22. The molecule has 0 radical (unpaired) electrons. The van der Waals surface area contributed by atoms with Crippen LogP contribution in [0.4, 0.5) is 11.6 Å². The Morgan fingerprint density at radius 2 is 1.74 bits per heavy atom. The topological polar surface area (TPSA) is 108 Å². The fraction of sp³-hybridized carbons (Fsp3) is 0.368. The summed E-state index contributed by atoms with van der Waals surface area (Å²) >= 11 is 0. The average molecular weight is 366 g/mol. The molecule has 3 aromatic rings. The zero-order valence-electron chi connectivity index (χ0n) is 15.1. The van der Waals surface area contributed by atoms with Crippen molar-refractivity contribution >= 4 is 22.7 Å². The SMILES string of the molecule is COc1cnc(NC2CCC(Oc3cc(N)cc4nccnc34)CC2)nc1. The number of anilines is 2. The van der Waals surface area contributed by atoms with E-state index in [0.717, 1.165) is 36.7 Å². The van der Waals surface area contributed by atoms with Crippen LogP contribution in [0.2, 0.25) is 0 Å². The number of benzene rings is 1. The van der Waals surface area contributed by atoms with Crippen LogP contribution >= 0.6 is 0 Å². The summed E-state index contributed by atoms with van der Waals surface area (Å²) in [6, 6.07) is 3.97. The molecule has 1 aliphatic carbocycles. The van der Waals surface area contributed by atoms with E-state index in [2.05, 4.69) is 25.3 Å². The molecule has 0 aliphatic heterocycles. The number of hydrogen-bond donors (Lipinski definition) is 2. The van der Waals surface area contributed by atoms with Gasteiger partial charge in [0.25, 0.3) is 0 Å². The first-order valence-electron chi connectivity index (χ1n) is 9.01. The van der Waals surface area contributed by atoms with Crippen molar-refractivity contribution in [3.8, 4) is 11.5 Å². The molecule has 0 atom stereocenters. The Kier molecular flexibility index (Phi) is 4.86. The van der Waals surface area contributed by atoms with Gasteiger partial charge in [0.05, 0.1) is 31.1 Å². The second kappa shape index (κ2) is 7.61. The lowest BCUT2D eigenvalue weighted by atomic mass is 9.93. The number of methoxy groups -OCH3 is 1. The molecule has 8 nitrogen and oxygen atoms in total. The van der Waals surface area contributed by atoms with Crippen LogP contribution in [0.15, 0.2) is 36.9 Å². The number of ether oxygens (including phenoxy) is 2. The van der Waals surface area contributed by atoms with Crippen molar-refractivity contribution in [3.63, 3.8) is 0 Å². The first-order chi connectivity index (χ1) is 13.2. The number of nitrogens with zero attached hydrogens (tertiary/aromatic N) is 4. The highest BCUT2D eigenvalue weighted by atomic mass is 16.5. The molecule has 0 bridgehead atoms. The molecule has 3 N–H and O–H groups in total. The fourth-order valence-corrected chi connectivity index (χ4v) is 3.34. The molecule has 2 heterocycles. The van der Waals surface area contributed by atoms with Crippen LogP contribution in [0, 0.1) is 0 Å². The Bertz CT molecular complexity index is 910. The smallest absolute Gasteiger partial charge is 0.223 e. The highest BCUT2D eigenvalue weighted by molar-refractivity contribution is 5.84. The van der Waals surface area contributed by atoms with Crippen LogP contribution < -0.4 is 20.5 Å². The maximum Gasteiger partial charge on any atom is 0.223 e. The van der Waals surface area contributed by atoms with Crippen molar-refractivity contribution in [1.29, 1.82) is 0 Å². The lowest BCUT2D eigenvalue weighted by Gasteiger charge is -2.29. The van der Waals surface area contributed by atoms with Crippen LogP contribution in [0.25, 0.3) is 11.0 Å². The van der Waals surface area contributed by atoms with Crippen LogP contribution in [-0.2, 0) is 0 Å². The summed E-state index contributed by atoms with van der Waals surface area (Å²) in [5, 5.41) is 3.38. The van der Waals surface area contributed by atoms with E-state index in [4.69, 9.17) is 15.2 Å². The van der Waals surface area contributed by atoms with Gasteiger partial charge >= 0.3 is 0 Å². The number of nitrogen functional groups attached to an aromatic ring is 1. The van der Waals surface area contributed by atoms with E-state index in [9.17, 15) is 0 Å². The molecular formula is C19H22N6O2. The summed E-state index contributed by atoms with van der Waals surface area (Å²) in [6.45, 7) is 0. The third kappa shape index (κ3) is 3.99. The van der Waals surface area contributed by atoms with E-state index in [1.807, 2.05) is 12.1 Å². The molecule has 4 rings (SSSR count). The van der Waals surface area contributed by atoms with Crippen LogP contribution in [0.5, 0.6) is 11.5 Å².